The van der Waals surface area contributed by atoms with Crippen LogP contribution in [-0.2, 0) is 4.74 Å². The van der Waals surface area contributed by atoms with Crippen LogP contribution in [0.5, 0.6) is 0 Å². The minimum Gasteiger partial charge on any atom is -0.434 e. The molecule has 0 bridgehead atoms. The lowest BCUT2D eigenvalue weighted by atomic mass is 10.1. The van der Waals surface area contributed by atoms with Crippen molar-refractivity contribution in [2.45, 2.75) is 13.2 Å². The summed E-state index contributed by atoms with van der Waals surface area (Å²) in [7, 11) is 0. The van der Waals surface area contributed by atoms with Gasteiger partial charge in [-0.15, -0.1) is 0 Å². The zero-order valence-corrected chi connectivity index (χ0v) is 11.1. The van der Waals surface area contributed by atoms with Crippen LogP contribution < -0.4 is 5.32 Å². The van der Waals surface area contributed by atoms with Crippen LogP contribution in [0.15, 0.2) is 42.5 Å². The molecular weight excluding hydrogens is 262 g/mol. The van der Waals surface area contributed by atoms with Gasteiger partial charge in [0.25, 0.3) is 0 Å². The second-order valence-corrected chi connectivity index (χ2v) is 4.91. The Bertz CT molecular complexity index is 654. The number of fused-ring (bicyclic) bond motifs is 1. The van der Waals surface area contributed by atoms with Gasteiger partial charge in [0.05, 0.1) is 5.56 Å². The topological polar surface area (TPSA) is 38.3 Å². The number of halogens is 1. The van der Waals surface area contributed by atoms with Crippen molar-refractivity contribution in [3.8, 4) is 0 Å². The van der Waals surface area contributed by atoms with Gasteiger partial charge in [-0.1, -0.05) is 35.9 Å². The first-order valence-electron chi connectivity index (χ1n) is 5.98. The Hall–Kier alpha value is -2.00. The largest absolute Gasteiger partial charge is 0.434 e. The molecule has 3 rings (SSSR count). The Balaban J connectivity index is 1.93. The standard InChI is InChI=1S/C15H12ClNO2/c1-9-6-7-10(16)8-13(9)17-14-11-4-2-3-5-12(11)15(18)19-14/h2-8,14,17H,1H3/t14-/m1/s1. The normalized spacial score (nSPS) is 16.9. The van der Waals surface area contributed by atoms with E-state index in [1.165, 1.54) is 0 Å². The fraction of sp³-hybridized carbons (Fsp3) is 0.133. The van der Waals surface area contributed by atoms with E-state index in [0.29, 0.717) is 10.6 Å². The smallest absolute Gasteiger partial charge is 0.340 e. The summed E-state index contributed by atoms with van der Waals surface area (Å²) in [5, 5.41) is 3.85. The molecule has 1 aliphatic heterocycles. The van der Waals surface area contributed by atoms with E-state index in [1.807, 2.05) is 43.3 Å². The van der Waals surface area contributed by atoms with Crippen LogP contribution in [0.1, 0.15) is 27.7 Å². The first-order valence-corrected chi connectivity index (χ1v) is 6.35. The van der Waals surface area contributed by atoms with E-state index in [-0.39, 0.29) is 5.97 Å². The molecule has 0 saturated heterocycles. The maximum atomic E-state index is 11.7. The van der Waals surface area contributed by atoms with Crippen LogP contribution in [0, 0.1) is 6.92 Å². The summed E-state index contributed by atoms with van der Waals surface area (Å²) in [5.41, 5.74) is 3.37. The third-order valence-corrected chi connectivity index (χ3v) is 3.41. The molecule has 4 heteroatoms. The number of hydrogen-bond acceptors (Lipinski definition) is 3. The molecule has 0 spiro atoms. The Morgan fingerprint density at radius 1 is 1.21 bits per heavy atom. The Kier molecular flexibility index (Phi) is 2.91. The van der Waals surface area contributed by atoms with E-state index in [0.717, 1.165) is 16.8 Å². The van der Waals surface area contributed by atoms with Crippen LogP contribution in [0.4, 0.5) is 5.69 Å². The Morgan fingerprint density at radius 3 is 2.84 bits per heavy atom. The third-order valence-electron chi connectivity index (χ3n) is 3.17. The number of nitrogens with one attached hydrogen (secondary N) is 1. The predicted octanol–water partition coefficient (Wildman–Crippen LogP) is 3.93. The molecule has 0 fully saturated rings. The third kappa shape index (κ3) is 2.17. The average molecular weight is 274 g/mol. The van der Waals surface area contributed by atoms with Gasteiger partial charge in [-0.05, 0) is 30.7 Å². The van der Waals surface area contributed by atoms with E-state index in [1.54, 1.807) is 6.07 Å². The lowest BCUT2D eigenvalue weighted by Crippen LogP contribution is -2.11. The van der Waals surface area contributed by atoms with Crippen molar-refractivity contribution in [1.82, 2.24) is 0 Å². The minimum absolute atomic E-state index is 0.298. The highest BCUT2D eigenvalue weighted by Gasteiger charge is 2.30. The molecule has 0 aliphatic carbocycles. The maximum absolute atomic E-state index is 11.7. The number of aryl methyl sites for hydroxylation is 1. The molecular formula is C15H12ClNO2. The highest BCUT2D eigenvalue weighted by Crippen LogP contribution is 2.32. The second-order valence-electron chi connectivity index (χ2n) is 4.48. The Morgan fingerprint density at radius 2 is 2.00 bits per heavy atom. The van der Waals surface area contributed by atoms with Gasteiger partial charge in [0, 0.05) is 16.3 Å². The predicted molar refractivity (Wildman–Crippen MR) is 74.4 cm³/mol. The molecule has 0 unspecified atom stereocenters. The minimum atomic E-state index is -0.458. The fourth-order valence-corrected chi connectivity index (χ4v) is 2.32. The highest BCUT2D eigenvalue weighted by molar-refractivity contribution is 6.30. The number of hydrogen-bond donors (Lipinski definition) is 1. The number of anilines is 1. The summed E-state index contributed by atoms with van der Waals surface area (Å²) in [4.78, 5) is 11.7. The number of carbonyl (C=O) groups is 1. The van der Waals surface area contributed by atoms with Crippen molar-refractivity contribution >= 4 is 23.3 Å². The average Bonchev–Trinajstić information content (AvgIpc) is 2.72. The molecule has 2 aromatic rings. The van der Waals surface area contributed by atoms with E-state index >= 15 is 0 Å². The summed E-state index contributed by atoms with van der Waals surface area (Å²) in [6.07, 6.45) is -0.458. The van der Waals surface area contributed by atoms with Crippen molar-refractivity contribution in [2.75, 3.05) is 5.32 Å². The van der Waals surface area contributed by atoms with Crippen molar-refractivity contribution in [1.29, 1.82) is 0 Å². The molecule has 0 aromatic heterocycles. The van der Waals surface area contributed by atoms with Gasteiger partial charge in [0.15, 0.2) is 0 Å². The quantitative estimate of drug-likeness (QED) is 0.843. The van der Waals surface area contributed by atoms with Crippen molar-refractivity contribution < 1.29 is 9.53 Å². The van der Waals surface area contributed by atoms with Crippen LogP contribution in [0.3, 0.4) is 0 Å². The zero-order chi connectivity index (χ0) is 13.4. The summed E-state index contributed by atoms with van der Waals surface area (Å²) >= 11 is 5.98. The number of rotatable bonds is 2. The van der Waals surface area contributed by atoms with Crippen LogP contribution in [0.2, 0.25) is 5.02 Å². The lowest BCUT2D eigenvalue weighted by Gasteiger charge is -2.16. The van der Waals surface area contributed by atoms with E-state index in [9.17, 15) is 4.79 Å². The number of esters is 1. The molecule has 0 amide bonds. The summed E-state index contributed by atoms with van der Waals surface area (Å²) in [5.74, 6) is -0.298. The fourth-order valence-electron chi connectivity index (χ4n) is 2.14. The van der Waals surface area contributed by atoms with Gasteiger partial charge in [-0.25, -0.2) is 4.79 Å². The van der Waals surface area contributed by atoms with Gasteiger partial charge in [0.1, 0.15) is 0 Å². The van der Waals surface area contributed by atoms with Gasteiger partial charge in [-0.3, -0.25) is 0 Å². The molecule has 2 aromatic carbocycles. The molecule has 1 atom stereocenters. The maximum Gasteiger partial charge on any atom is 0.340 e. The monoisotopic (exact) mass is 273 g/mol. The van der Waals surface area contributed by atoms with Crippen molar-refractivity contribution in [3.05, 3.63) is 64.2 Å². The number of ether oxygens (including phenoxy) is 1. The van der Waals surface area contributed by atoms with Crippen molar-refractivity contribution in [2.24, 2.45) is 0 Å². The van der Waals surface area contributed by atoms with Gasteiger partial charge < -0.3 is 10.1 Å². The highest BCUT2D eigenvalue weighted by atomic mass is 35.5. The van der Waals surface area contributed by atoms with E-state index in [4.69, 9.17) is 16.3 Å². The van der Waals surface area contributed by atoms with Crippen LogP contribution >= 0.6 is 11.6 Å². The molecule has 1 aliphatic rings. The summed E-state index contributed by atoms with van der Waals surface area (Å²) < 4.78 is 5.34. The first-order chi connectivity index (χ1) is 9.15. The molecule has 96 valence electrons. The molecule has 1 heterocycles. The Labute approximate surface area is 116 Å². The van der Waals surface area contributed by atoms with Crippen LogP contribution in [-0.4, -0.2) is 5.97 Å². The molecule has 3 nitrogen and oxygen atoms in total. The van der Waals surface area contributed by atoms with Crippen LogP contribution in [0.25, 0.3) is 0 Å². The second kappa shape index (κ2) is 4.59. The molecule has 1 N–H and O–H groups in total. The number of cyclic esters (lactones) is 1. The van der Waals surface area contributed by atoms with Gasteiger partial charge in [0.2, 0.25) is 6.23 Å². The molecule has 0 saturated carbocycles. The van der Waals surface area contributed by atoms with E-state index < -0.39 is 6.23 Å². The summed E-state index contributed by atoms with van der Waals surface area (Å²) in [6, 6.07) is 12.9. The van der Waals surface area contributed by atoms with Gasteiger partial charge in [-0.2, -0.15) is 0 Å². The van der Waals surface area contributed by atoms with Gasteiger partial charge >= 0.3 is 5.97 Å². The number of benzene rings is 2. The number of carbonyl (C=O) groups excluding carboxylic acids is 1. The SMILES string of the molecule is Cc1ccc(Cl)cc1N[C@@H]1OC(=O)c2ccccc21. The van der Waals surface area contributed by atoms with E-state index in [2.05, 4.69) is 5.32 Å². The first kappa shape index (κ1) is 12.1. The molecule has 0 radical (unpaired) electrons. The van der Waals surface area contributed by atoms with Crippen molar-refractivity contribution in [3.63, 3.8) is 0 Å². The molecule has 19 heavy (non-hydrogen) atoms. The zero-order valence-electron chi connectivity index (χ0n) is 10.3. The summed E-state index contributed by atoms with van der Waals surface area (Å²) in [6.45, 7) is 1.97. The lowest BCUT2D eigenvalue weighted by molar-refractivity contribution is 0.0437.